The number of H-pyrrole nitrogens is 1. The minimum absolute atomic E-state index is 0.0434. The van der Waals surface area contributed by atoms with Crippen LogP contribution in [0.5, 0.6) is 0 Å². The lowest BCUT2D eigenvalue weighted by Crippen LogP contribution is -2.29. The smallest absolute Gasteiger partial charge is 0.268 e. The molecule has 1 unspecified atom stereocenters. The fraction of sp³-hybridized carbons (Fsp3) is 0.667. The number of nitrogens with one attached hydrogen (secondary N) is 2. The van der Waals surface area contributed by atoms with E-state index in [-0.39, 0.29) is 11.6 Å². The lowest BCUT2D eigenvalue weighted by atomic mass is 10.0. The molecule has 0 bridgehead atoms. The first kappa shape index (κ1) is 8.56. The Labute approximate surface area is 76.9 Å². The highest BCUT2D eigenvalue weighted by Crippen LogP contribution is 2.19. The predicted molar refractivity (Wildman–Crippen MR) is 50.6 cm³/mol. The van der Waals surface area contributed by atoms with Crippen molar-refractivity contribution in [2.75, 3.05) is 6.54 Å². The molecule has 1 aromatic rings. The molecule has 13 heavy (non-hydrogen) atoms. The zero-order chi connectivity index (χ0) is 9.26. The third-order valence-electron chi connectivity index (χ3n) is 2.56. The number of nitrogens with zero attached hydrogens (tertiary/aromatic N) is 1. The first-order chi connectivity index (χ1) is 6.27. The van der Waals surface area contributed by atoms with Gasteiger partial charge in [-0.05, 0) is 19.4 Å². The van der Waals surface area contributed by atoms with E-state index < -0.39 is 0 Å². The third-order valence-corrected chi connectivity index (χ3v) is 2.56. The van der Waals surface area contributed by atoms with Crippen LogP contribution in [0.3, 0.4) is 0 Å². The largest absolute Gasteiger partial charge is 0.310 e. The standard InChI is InChI=1S/C9H15N3O/c1-12-6-7(9(13)11-12)8-4-2-3-5-10-8/h6,8,10H,2-5H2,1H3,(H,11,13). The van der Waals surface area contributed by atoms with Gasteiger partial charge >= 0.3 is 0 Å². The molecule has 4 nitrogen and oxygen atoms in total. The number of aromatic amines is 1. The van der Waals surface area contributed by atoms with Crippen molar-refractivity contribution in [3.8, 4) is 0 Å². The van der Waals surface area contributed by atoms with Crippen molar-refractivity contribution >= 4 is 0 Å². The van der Waals surface area contributed by atoms with Gasteiger partial charge in [-0.25, -0.2) is 0 Å². The van der Waals surface area contributed by atoms with Crippen molar-refractivity contribution in [2.45, 2.75) is 25.3 Å². The molecule has 72 valence electrons. The molecule has 2 heterocycles. The number of aromatic nitrogens is 2. The van der Waals surface area contributed by atoms with Gasteiger partial charge in [-0.15, -0.1) is 0 Å². The molecule has 1 atom stereocenters. The Morgan fingerprint density at radius 1 is 1.54 bits per heavy atom. The van der Waals surface area contributed by atoms with Gasteiger partial charge in [-0.1, -0.05) is 6.42 Å². The molecule has 4 heteroatoms. The first-order valence-electron chi connectivity index (χ1n) is 4.76. The molecule has 1 fully saturated rings. The molecule has 2 rings (SSSR count). The zero-order valence-corrected chi connectivity index (χ0v) is 7.84. The molecule has 0 spiro atoms. The molecular formula is C9H15N3O. The molecule has 1 aliphatic rings. The maximum absolute atomic E-state index is 11.4. The quantitative estimate of drug-likeness (QED) is 0.664. The van der Waals surface area contributed by atoms with Gasteiger partial charge in [0.2, 0.25) is 0 Å². The number of piperidine rings is 1. The van der Waals surface area contributed by atoms with Crippen LogP contribution in [0.4, 0.5) is 0 Å². The van der Waals surface area contributed by atoms with E-state index in [2.05, 4.69) is 10.4 Å². The van der Waals surface area contributed by atoms with Gasteiger partial charge in [0.05, 0.1) is 5.56 Å². The number of hydrogen-bond donors (Lipinski definition) is 2. The molecular weight excluding hydrogens is 166 g/mol. The zero-order valence-electron chi connectivity index (χ0n) is 7.84. The Morgan fingerprint density at radius 3 is 2.92 bits per heavy atom. The summed E-state index contributed by atoms with van der Waals surface area (Å²) in [7, 11) is 1.84. The third kappa shape index (κ3) is 1.67. The molecule has 0 aromatic carbocycles. The van der Waals surface area contributed by atoms with Crippen LogP contribution in [-0.4, -0.2) is 16.3 Å². The van der Waals surface area contributed by atoms with Crippen molar-refractivity contribution in [1.82, 2.24) is 15.1 Å². The Kier molecular flexibility index (Phi) is 2.22. The molecule has 2 N–H and O–H groups in total. The normalized spacial score (nSPS) is 23.3. The Morgan fingerprint density at radius 2 is 2.38 bits per heavy atom. The van der Waals surface area contributed by atoms with Crippen molar-refractivity contribution < 1.29 is 0 Å². The lowest BCUT2D eigenvalue weighted by molar-refractivity contribution is 0.410. The Bertz CT molecular complexity index is 333. The Balaban J connectivity index is 2.23. The highest BCUT2D eigenvalue weighted by Gasteiger charge is 2.18. The van der Waals surface area contributed by atoms with Crippen LogP contribution in [0, 0.1) is 0 Å². The van der Waals surface area contributed by atoms with Gasteiger partial charge in [0.25, 0.3) is 5.56 Å². The monoisotopic (exact) mass is 181 g/mol. The predicted octanol–water partition coefficient (Wildman–Crippen LogP) is 0.528. The molecule has 1 aliphatic heterocycles. The van der Waals surface area contributed by atoms with Crippen LogP contribution in [0.2, 0.25) is 0 Å². The highest BCUT2D eigenvalue weighted by atomic mass is 16.1. The topological polar surface area (TPSA) is 49.8 Å². The van der Waals surface area contributed by atoms with Crippen LogP contribution in [0.1, 0.15) is 30.9 Å². The minimum Gasteiger partial charge on any atom is -0.310 e. The van der Waals surface area contributed by atoms with Crippen molar-refractivity contribution in [2.24, 2.45) is 7.05 Å². The van der Waals surface area contributed by atoms with Gasteiger partial charge in [-0.3, -0.25) is 14.6 Å². The summed E-state index contributed by atoms with van der Waals surface area (Å²) in [6.07, 6.45) is 5.39. The number of hydrogen-bond acceptors (Lipinski definition) is 2. The molecule has 0 radical (unpaired) electrons. The maximum Gasteiger partial charge on any atom is 0.268 e. The molecule has 1 saturated heterocycles. The van der Waals surface area contributed by atoms with E-state index in [1.807, 2.05) is 13.2 Å². The van der Waals surface area contributed by atoms with Gasteiger partial charge in [0.1, 0.15) is 0 Å². The minimum atomic E-state index is 0.0434. The summed E-state index contributed by atoms with van der Waals surface area (Å²) in [5.41, 5.74) is 0.920. The van der Waals surface area contributed by atoms with Crippen molar-refractivity contribution in [3.63, 3.8) is 0 Å². The van der Waals surface area contributed by atoms with Gasteiger partial charge in [0, 0.05) is 19.3 Å². The SMILES string of the molecule is Cn1cc(C2CCCCN2)c(=O)[nH]1. The van der Waals surface area contributed by atoms with E-state index in [0.717, 1.165) is 18.5 Å². The molecule has 1 aromatic heterocycles. The second-order valence-electron chi connectivity index (χ2n) is 3.64. The van der Waals surface area contributed by atoms with Gasteiger partial charge in [-0.2, -0.15) is 0 Å². The van der Waals surface area contributed by atoms with Crippen molar-refractivity contribution in [1.29, 1.82) is 0 Å². The Hall–Kier alpha value is -1.03. The van der Waals surface area contributed by atoms with Crippen LogP contribution >= 0.6 is 0 Å². The van der Waals surface area contributed by atoms with E-state index in [1.54, 1.807) is 4.68 Å². The van der Waals surface area contributed by atoms with Crippen LogP contribution in [0.15, 0.2) is 11.0 Å². The number of aryl methyl sites for hydroxylation is 1. The number of rotatable bonds is 1. The van der Waals surface area contributed by atoms with Gasteiger partial charge < -0.3 is 5.32 Å². The molecule has 0 amide bonds. The van der Waals surface area contributed by atoms with E-state index >= 15 is 0 Å². The second kappa shape index (κ2) is 3.38. The van der Waals surface area contributed by atoms with Crippen LogP contribution in [-0.2, 0) is 7.05 Å². The highest BCUT2D eigenvalue weighted by molar-refractivity contribution is 5.11. The summed E-state index contributed by atoms with van der Waals surface area (Å²) in [4.78, 5) is 11.4. The summed E-state index contributed by atoms with van der Waals surface area (Å²) in [6.45, 7) is 1.03. The summed E-state index contributed by atoms with van der Waals surface area (Å²) >= 11 is 0. The van der Waals surface area contributed by atoms with Crippen LogP contribution < -0.4 is 10.9 Å². The van der Waals surface area contributed by atoms with E-state index in [4.69, 9.17) is 0 Å². The molecule has 0 saturated carbocycles. The van der Waals surface area contributed by atoms with Crippen LogP contribution in [0.25, 0.3) is 0 Å². The first-order valence-corrected chi connectivity index (χ1v) is 4.76. The van der Waals surface area contributed by atoms with E-state index in [1.165, 1.54) is 12.8 Å². The van der Waals surface area contributed by atoms with E-state index in [0.29, 0.717) is 0 Å². The second-order valence-corrected chi connectivity index (χ2v) is 3.64. The van der Waals surface area contributed by atoms with Crippen molar-refractivity contribution in [3.05, 3.63) is 22.1 Å². The van der Waals surface area contributed by atoms with Gasteiger partial charge in [0.15, 0.2) is 0 Å². The fourth-order valence-electron chi connectivity index (χ4n) is 1.89. The maximum atomic E-state index is 11.4. The lowest BCUT2D eigenvalue weighted by Gasteiger charge is -2.21. The fourth-order valence-corrected chi connectivity index (χ4v) is 1.89. The van der Waals surface area contributed by atoms with E-state index in [9.17, 15) is 4.79 Å². The summed E-state index contributed by atoms with van der Waals surface area (Å²) in [6, 6.07) is 0.263. The summed E-state index contributed by atoms with van der Waals surface area (Å²) < 4.78 is 1.72. The summed E-state index contributed by atoms with van der Waals surface area (Å²) in [5.74, 6) is 0. The molecule has 0 aliphatic carbocycles. The average molecular weight is 181 g/mol. The summed E-state index contributed by atoms with van der Waals surface area (Å²) in [5, 5.41) is 6.08. The average Bonchev–Trinajstić information content (AvgIpc) is 2.47.